The molecule has 0 aromatic rings. The lowest BCUT2D eigenvalue weighted by Crippen LogP contribution is -2.51. The summed E-state index contributed by atoms with van der Waals surface area (Å²) >= 11 is 0. The molecule has 0 bridgehead atoms. The lowest BCUT2D eigenvalue weighted by Gasteiger charge is -2.33. The van der Waals surface area contributed by atoms with Gasteiger partial charge in [0.15, 0.2) is 16.0 Å². The van der Waals surface area contributed by atoms with E-state index in [-0.39, 0.29) is 6.42 Å². The molecular formula is C6H8F4O2S. The van der Waals surface area contributed by atoms with Gasteiger partial charge in [-0.25, -0.2) is 26.0 Å². The Morgan fingerprint density at radius 2 is 1.38 bits per heavy atom. The van der Waals surface area contributed by atoms with E-state index in [0.717, 1.165) is 0 Å². The zero-order valence-corrected chi connectivity index (χ0v) is 7.37. The van der Waals surface area contributed by atoms with Crippen LogP contribution in [0.4, 0.5) is 17.6 Å². The van der Waals surface area contributed by atoms with Crippen molar-refractivity contribution in [2.45, 2.75) is 36.4 Å². The smallest absolute Gasteiger partial charge is 0.231 e. The monoisotopic (exact) mass is 220 g/mol. The van der Waals surface area contributed by atoms with Crippen molar-refractivity contribution >= 4 is 10.7 Å². The molecule has 0 saturated heterocycles. The molecule has 0 heterocycles. The van der Waals surface area contributed by atoms with Crippen molar-refractivity contribution in [3.05, 3.63) is 0 Å². The van der Waals surface area contributed by atoms with E-state index in [2.05, 4.69) is 0 Å². The van der Waals surface area contributed by atoms with E-state index >= 15 is 0 Å². The van der Waals surface area contributed by atoms with Crippen LogP contribution in [0, 0.1) is 0 Å². The highest BCUT2D eigenvalue weighted by Crippen LogP contribution is 2.44. The lowest BCUT2D eigenvalue weighted by molar-refractivity contribution is -0.137. The van der Waals surface area contributed by atoms with Gasteiger partial charge in [-0.3, -0.25) is 0 Å². The molecule has 1 saturated carbocycles. The number of hydrogen-bond donors (Lipinski definition) is 1. The summed E-state index contributed by atoms with van der Waals surface area (Å²) in [5, 5.41) is -2.83. The van der Waals surface area contributed by atoms with Crippen molar-refractivity contribution in [2.75, 3.05) is 0 Å². The molecule has 0 aliphatic heterocycles. The Balaban J connectivity index is 3.05. The fourth-order valence-electron chi connectivity index (χ4n) is 1.45. The van der Waals surface area contributed by atoms with Crippen molar-refractivity contribution in [3.63, 3.8) is 0 Å². The second kappa shape index (κ2) is 3.11. The van der Waals surface area contributed by atoms with Crippen LogP contribution in [0.25, 0.3) is 0 Å². The number of hydrogen-bond acceptors (Lipinski definition) is 2. The highest BCUT2D eigenvalue weighted by molar-refractivity contribution is 7.73. The molecule has 1 fully saturated rings. The van der Waals surface area contributed by atoms with E-state index in [9.17, 15) is 26.0 Å². The quantitative estimate of drug-likeness (QED) is 0.535. The van der Waals surface area contributed by atoms with Gasteiger partial charge < -0.3 is 0 Å². The Hall–Kier alpha value is -0.330. The molecule has 0 unspecified atom stereocenters. The second-order valence-electron chi connectivity index (χ2n) is 3.06. The zero-order chi connectivity index (χ0) is 10.3. The first-order chi connectivity index (χ1) is 5.77. The van der Waals surface area contributed by atoms with Gasteiger partial charge in [0.1, 0.15) is 0 Å². The van der Waals surface area contributed by atoms with E-state index in [0.29, 0.717) is 0 Å². The molecule has 13 heavy (non-hydrogen) atoms. The fourth-order valence-corrected chi connectivity index (χ4v) is 2.33. The predicted octanol–water partition coefficient (Wildman–Crippen LogP) is 1.42. The van der Waals surface area contributed by atoms with Gasteiger partial charge in [0.2, 0.25) is 0 Å². The summed E-state index contributed by atoms with van der Waals surface area (Å²) in [5.74, 6) is -7.59. The van der Waals surface area contributed by atoms with Gasteiger partial charge >= 0.3 is 0 Å². The highest BCUT2D eigenvalue weighted by atomic mass is 32.2. The lowest BCUT2D eigenvalue weighted by atomic mass is 9.93. The minimum Gasteiger partial charge on any atom is -0.231 e. The van der Waals surface area contributed by atoms with Crippen molar-refractivity contribution < 1.29 is 26.0 Å². The Kier molecular flexibility index (Phi) is 2.57. The van der Waals surface area contributed by atoms with Crippen molar-refractivity contribution in [2.24, 2.45) is 0 Å². The van der Waals surface area contributed by atoms with Gasteiger partial charge in [0, 0.05) is 12.8 Å². The predicted molar refractivity (Wildman–Crippen MR) is 37.8 cm³/mol. The highest BCUT2D eigenvalue weighted by Gasteiger charge is 2.59. The minimum absolute atomic E-state index is 0.348. The van der Waals surface area contributed by atoms with Crippen LogP contribution < -0.4 is 0 Å². The average Bonchev–Trinajstić information content (AvgIpc) is 1.79. The molecule has 0 N–H and O–H groups in total. The van der Waals surface area contributed by atoms with Crippen LogP contribution in [-0.2, 0) is 10.7 Å². The zero-order valence-electron chi connectivity index (χ0n) is 6.47. The van der Waals surface area contributed by atoms with E-state index in [1.807, 2.05) is 0 Å². The van der Waals surface area contributed by atoms with Crippen LogP contribution >= 0.6 is 0 Å². The molecule has 1 aliphatic carbocycles. The average molecular weight is 220 g/mol. The van der Waals surface area contributed by atoms with Gasteiger partial charge in [0.05, 0.1) is 0 Å². The van der Waals surface area contributed by atoms with Crippen LogP contribution in [0.2, 0.25) is 0 Å². The molecule has 2 nitrogen and oxygen atoms in total. The van der Waals surface area contributed by atoms with E-state index in [1.165, 1.54) is 0 Å². The van der Waals surface area contributed by atoms with Crippen molar-refractivity contribution in [1.29, 1.82) is 0 Å². The van der Waals surface area contributed by atoms with E-state index < -0.39 is 40.6 Å². The van der Waals surface area contributed by atoms with Gasteiger partial charge in [0.25, 0.3) is 11.8 Å². The van der Waals surface area contributed by atoms with Crippen molar-refractivity contribution in [3.8, 4) is 0 Å². The van der Waals surface area contributed by atoms with E-state index in [1.54, 1.807) is 0 Å². The Morgan fingerprint density at radius 1 is 1.00 bits per heavy atom. The molecule has 0 spiro atoms. The second-order valence-corrected chi connectivity index (χ2v) is 4.15. The van der Waals surface area contributed by atoms with E-state index in [4.69, 9.17) is 0 Å². The van der Waals surface area contributed by atoms with Crippen LogP contribution in [0.3, 0.4) is 0 Å². The molecule has 0 amide bonds. The van der Waals surface area contributed by atoms with Crippen LogP contribution in [-0.4, -0.2) is 25.5 Å². The molecule has 1 rings (SSSR count). The van der Waals surface area contributed by atoms with Crippen molar-refractivity contribution in [1.82, 2.24) is 0 Å². The van der Waals surface area contributed by atoms with Gasteiger partial charge in [-0.05, 0) is 6.42 Å². The number of halogens is 4. The summed E-state index contributed by atoms with van der Waals surface area (Å²) in [4.78, 5) is 0. The van der Waals surface area contributed by atoms with Gasteiger partial charge in [-0.2, -0.15) is 0 Å². The number of alkyl halides is 4. The maximum absolute atomic E-state index is 12.8. The van der Waals surface area contributed by atoms with Crippen LogP contribution in [0.15, 0.2) is 0 Å². The standard InChI is InChI=1S/C6H8F4O2S/c7-5(8)2-1-3-6(9,10)4(5)13(11)12/h4,13H,1-3H2. The van der Waals surface area contributed by atoms with Gasteiger partial charge in [-0.15, -0.1) is 0 Å². The molecule has 0 atom stereocenters. The SMILES string of the molecule is O=[SH](=O)C1C(F)(F)CCCC1(F)F. The Morgan fingerprint density at radius 3 is 1.62 bits per heavy atom. The Labute approximate surface area is 73.9 Å². The molecule has 1 aliphatic rings. The van der Waals surface area contributed by atoms with Crippen LogP contribution in [0.5, 0.6) is 0 Å². The molecule has 7 heteroatoms. The third-order valence-electron chi connectivity index (χ3n) is 2.03. The molecule has 0 radical (unpaired) electrons. The normalized spacial score (nSPS) is 27.8. The molecule has 78 valence electrons. The number of thiol groups is 1. The fraction of sp³-hybridized carbons (Fsp3) is 1.00. The summed E-state index contributed by atoms with van der Waals surface area (Å²) in [6.07, 6.45) is -1.91. The summed E-state index contributed by atoms with van der Waals surface area (Å²) in [6.45, 7) is 0. The summed E-state index contributed by atoms with van der Waals surface area (Å²) in [6, 6.07) is 0. The first-order valence-electron chi connectivity index (χ1n) is 3.66. The maximum atomic E-state index is 12.8. The molecular weight excluding hydrogens is 212 g/mol. The molecule has 0 aromatic heterocycles. The Bertz CT molecular complexity index is 250. The van der Waals surface area contributed by atoms with Gasteiger partial charge in [-0.1, -0.05) is 0 Å². The first-order valence-corrected chi connectivity index (χ1v) is 4.91. The van der Waals surface area contributed by atoms with Crippen LogP contribution in [0.1, 0.15) is 19.3 Å². The number of rotatable bonds is 1. The summed E-state index contributed by atoms with van der Waals surface area (Å²) in [5.41, 5.74) is 0. The first kappa shape index (κ1) is 10.7. The summed E-state index contributed by atoms with van der Waals surface area (Å²) < 4.78 is 71.5. The maximum Gasteiger partial charge on any atom is 0.270 e. The topological polar surface area (TPSA) is 34.1 Å². The molecule has 0 aromatic carbocycles. The largest absolute Gasteiger partial charge is 0.270 e. The minimum atomic E-state index is -3.79. The summed E-state index contributed by atoms with van der Waals surface area (Å²) in [7, 11) is -3.79. The third-order valence-corrected chi connectivity index (χ3v) is 3.21. The third kappa shape index (κ3) is 1.95.